The minimum Gasteiger partial charge on any atom is -0.444 e. The molecule has 0 bridgehead atoms. The summed E-state index contributed by atoms with van der Waals surface area (Å²) >= 11 is 0. The van der Waals surface area contributed by atoms with Gasteiger partial charge in [0.1, 0.15) is 5.60 Å². The summed E-state index contributed by atoms with van der Waals surface area (Å²) in [7, 11) is 0. The van der Waals surface area contributed by atoms with Gasteiger partial charge in [0.05, 0.1) is 13.2 Å². The molecule has 5 heteroatoms. The van der Waals surface area contributed by atoms with Crippen molar-refractivity contribution in [2.45, 2.75) is 45.9 Å². The summed E-state index contributed by atoms with van der Waals surface area (Å²) in [5.41, 5.74) is 1.77. The molecule has 122 valence electrons. The van der Waals surface area contributed by atoms with Crippen molar-refractivity contribution in [1.29, 1.82) is 0 Å². The number of rotatable bonds is 3. The van der Waals surface area contributed by atoms with Crippen LogP contribution in [0.5, 0.6) is 0 Å². The minimum atomic E-state index is -0.472. The average Bonchev–Trinajstić information content (AvgIpc) is 2.45. The summed E-state index contributed by atoms with van der Waals surface area (Å²) in [4.78, 5) is 14.0. The van der Waals surface area contributed by atoms with E-state index in [2.05, 4.69) is 29.3 Å². The van der Waals surface area contributed by atoms with Gasteiger partial charge in [-0.1, -0.05) is 12.1 Å². The molecule has 0 unspecified atom stereocenters. The maximum atomic E-state index is 11.6. The summed E-state index contributed by atoms with van der Waals surface area (Å²) in [5.74, 6) is 0. The first-order valence-corrected chi connectivity index (χ1v) is 7.75. The van der Waals surface area contributed by atoms with Crippen LogP contribution in [0.15, 0.2) is 24.3 Å². The van der Waals surface area contributed by atoms with Gasteiger partial charge in [-0.2, -0.15) is 0 Å². The van der Waals surface area contributed by atoms with Crippen LogP contribution in [0.1, 0.15) is 33.3 Å². The topological polar surface area (TPSA) is 50.8 Å². The molecule has 0 aromatic heterocycles. The highest BCUT2D eigenvalue weighted by atomic mass is 16.6. The van der Waals surface area contributed by atoms with Gasteiger partial charge in [0.25, 0.3) is 0 Å². The molecule has 0 aliphatic carbocycles. The number of nitrogens with one attached hydrogen (secondary N) is 1. The van der Waals surface area contributed by atoms with E-state index >= 15 is 0 Å². The van der Waals surface area contributed by atoms with Gasteiger partial charge in [-0.25, -0.2) is 4.79 Å². The molecule has 1 saturated heterocycles. The van der Waals surface area contributed by atoms with Crippen LogP contribution in [0.4, 0.5) is 10.5 Å². The highest BCUT2D eigenvalue weighted by molar-refractivity contribution is 5.67. The molecule has 1 aromatic carbocycles. The van der Waals surface area contributed by atoms with Crippen molar-refractivity contribution in [3.05, 3.63) is 29.8 Å². The monoisotopic (exact) mass is 306 g/mol. The van der Waals surface area contributed by atoms with Gasteiger partial charge in [-0.3, -0.25) is 0 Å². The molecule has 0 radical (unpaired) electrons. The molecular formula is C17H26N2O3. The van der Waals surface area contributed by atoms with Crippen molar-refractivity contribution in [2.24, 2.45) is 0 Å². The first-order chi connectivity index (χ1) is 10.3. The van der Waals surface area contributed by atoms with E-state index in [1.807, 2.05) is 32.9 Å². The fourth-order valence-corrected chi connectivity index (χ4v) is 2.40. The summed E-state index contributed by atoms with van der Waals surface area (Å²) in [6.07, 6.45) is -0.390. The van der Waals surface area contributed by atoms with E-state index in [1.165, 1.54) is 5.69 Å². The number of morpholine rings is 1. The van der Waals surface area contributed by atoms with Gasteiger partial charge in [0, 0.05) is 24.8 Å². The average molecular weight is 306 g/mol. The molecular weight excluding hydrogens is 280 g/mol. The second-order valence-corrected chi connectivity index (χ2v) is 6.64. The second-order valence-electron chi connectivity index (χ2n) is 6.64. The van der Waals surface area contributed by atoms with Gasteiger partial charge < -0.3 is 19.7 Å². The lowest BCUT2D eigenvalue weighted by Gasteiger charge is -2.35. The van der Waals surface area contributed by atoms with Crippen LogP contribution in [0.2, 0.25) is 0 Å². The summed E-state index contributed by atoms with van der Waals surface area (Å²) < 4.78 is 10.7. The van der Waals surface area contributed by atoms with Gasteiger partial charge in [0.2, 0.25) is 0 Å². The van der Waals surface area contributed by atoms with E-state index in [0.717, 1.165) is 25.3 Å². The van der Waals surface area contributed by atoms with Crippen LogP contribution in [0, 0.1) is 0 Å². The number of carbonyl (C=O) groups is 1. The third-order valence-corrected chi connectivity index (χ3v) is 3.47. The van der Waals surface area contributed by atoms with Crippen LogP contribution in [0.25, 0.3) is 0 Å². The molecule has 22 heavy (non-hydrogen) atoms. The molecule has 1 aliphatic rings. The number of amides is 1. The number of alkyl carbamates (subject to hydrolysis) is 1. The molecule has 1 aliphatic heterocycles. The largest absolute Gasteiger partial charge is 0.444 e. The lowest BCUT2D eigenvalue weighted by Crippen LogP contribution is -2.43. The molecule has 1 fully saturated rings. The van der Waals surface area contributed by atoms with Crippen LogP contribution in [0.3, 0.4) is 0 Å². The number of hydrogen-bond acceptors (Lipinski definition) is 4. The first kappa shape index (κ1) is 16.6. The number of hydrogen-bond donors (Lipinski definition) is 1. The van der Waals surface area contributed by atoms with Crippen molar-refractivity contribution in [3.8, 4) is 0 Å². The van der Waals surface area contributed by atoms with Gasteiger partial charge in [0.15, 0.2) is 0 Å². The Bertz CT molecular complexity index is 494. The molecule has 0 saturated carbocycles. The molecule has 1 heterocycles. The highest BCUT2D eigenvalue weighted by Crippen LogP contribution is 2.20. The van der Waals surface area contributed by atoms with Crippen LogP contribution < -0.4 is 10.2 Å². The Morgan fingerprint density at radius 1 is 1.36 bits per heavy atom. The van der Waals surface area contributed by atoms with Crippen LogP contribution >= 0.6 is 0 Å². The molecule has 1 N–H and O–H groups in total. The molecule has 1 amide bonds. The SMILES string of the molecule is C[C@H]1COCCN1c1ccc(CNC(=O)OC(C)(C)C)cc1. The standard InChI is InChI=1S/C17H26N2O3/c1-13-12-21-10-9-19(13)15-7-5-14(6-8-15)11-18-16(20)22-17(2,3)4/h5-8,13H,9-12H2,1-4H3,(H,18,20)/t13-/m0/s1. The van der Waals surface area contributed by atoms with E-state index < -0.39 is 11.7 Å². The Labute approximate surface area is 132 Å². The predicted molar refractivity (Wildman–Crippen MR) is 87.1 cm³/mol. The molecule has 5 nitrogen and oxygen atoms in total. The van der Waals surface area contributed by atoms with E-state index in [0.29, 0.717) is 12.6 Å². The van der Waals surface area contributed by atoms with Crippen molar-refractivity contribution < 1.29 is 14.3 Å². The third kappa shape index (κ3) is 4.91. The Morgan fingerprint density at radius 2 is 2.05 bits per heavy atom. The minimum absolute atomic E-state index is 0.388. The zero-order valence-electron chi connectivity index (χ0n) is 13.9. The van der Waals surface area contributed by atoms with Gasteiger partial charge in [-0.05, 0) is 45.4 Å². The number of carbonyl (C=O) groups excluding carboxylic acids is 1. The van der Waals surface area contributed by atoms with E-state index in [-0.39, 0.29) is 0 Å². The number of anilines is 1. The Morgan fingerprint density at radius 3 is 2.64 bits per heavy atom. The summed E-state index contributed by atoms with van der Waals surface area (Å²) in [6, 6.07) is 8.64. The van der Waals surface area contributed by atoms with Crippen molar-refractivity contribution >= 4 is 11.8 Å². The fraction of sp³-hybridized carbons (Fsp3) is 0.588. The van der Waals surface area contributed by atoms with Crippen LogP contribution in [-0.4, -0.2) is 37.5 Å². The lowest BCUT2D eigenvalue weighted by molar-refractivity contribution is 0.0523. The second kappa shape index (κ2) is 7.01. The normalized spacial score (nSPS) is 18.9. The van der Waals surface area contributed by atoms with Crippen molar-refractivity contribution in [2.75, 3.05) is 24.7 Å². The van der Waals surface area contributed by atoms with E-state index in [9.17, 15) is 4.79 Å². The Kier molecular flexibility index (Phi) is 5.29. The van der Waals surface area contributed by atoms with E-state index in [4.69, 9.17) is 9.47 Å². The quantitative estimate of drug-likeness (QED) is 0.933. The zero-order valence-corrected chi connectivity index (χ0v) is 13.9. The van der Waals surface area contributed by atoms with Gasteiger partial charge in [-0.15, -0.1) is 0 Å². The lowest BCUT2D eigenvalue weighted by atomic mass is 10.1. The fourth-order valence-electron chi connectivity index (χ4n) is 2.40. The third-order valence-electron chi connectivity index (χ3n) is 3.47. The predicted octanol–water partition coefficient (Wildman–Crippen LogP) is 2.94. The maximum Gasteiger partial charge on any atom is 0.407 e. The smallest absolute Gasteiger partial charge is 0.407 e. The van der Waals surface area contributed by atoms with Crippen molar-refractivity contribution in [1.82, 2.24) is 5.32 Å². The molecule has 1 atom stereocenters. The molecule has 0 spiro atoms. The van der Waals surface area contributed by atoms with Gasteiger partial charge >= 0.3 is 6.09 Å². The Hall–Kier alpha value is -1.75. The zero-order chi connectivity index (χ0) is 16.2. The van der Waals surface area contributed by atoms with E-state index in [1.54, 1.807) is 0 Å². The number of ether oxygens (including phenoxy) is 2. The van der Waals surface area contributed by atoms with Crippen LogP contribution in [-0.2, 0) is 16.0 Å². The number of nitrogens with zero attached hydrogens (tertiary/aromatic N) is 1. The number of benzene rings is 1. The summed E-state index contributed by atoms with van der Waals surface area (Å²) in [6.45, 7) is 10.6. The van der Waals surface area contributed by atoms with Crippen molar-refractivity contribution in [3.63, 3.8) is 0 Å². The Balaban J connectivity index is 1.88. The molecule has 2 rings (SSSR count). The first-order valence-electron chi connectivity index (χ1n) is 7.75. The maximum absolute atomic E-state index is 11.6. The highest BCUT2D eigenvalue weighted by Gasteiger charge is 2.19. The molecule has 1 aromatic rings. The summed E-state index contributed by atoms with van der Waals surface area (Å²) in [5, 5.41) is 2.77.